The number of piperidine rings is 1. The first kappa shape index (κ1) is 16.4. The van der Waals surface area contributed by atoms with Gasteiger partial charge in [-0.3, -0.25) is 9.48 Å². The van der Waals surface area contributed by atoms with Crippen LogP contribution in [0.2, 0.25) is 0 Å². The standard InChI is InChI=1S/C17H23N5O2/c1-20(16(23)14-7-11-21(2)19-14)12-17(24)8-5-10-22(13-17)15-6-3-4-9-18-15/h3-4,6-7,9,11,24H,5,8,10,12-13H2,1-2H3/t17-/m0/s1. The zero-order valence-corrected chi connectivity index (χ0v) is 14.1. The molecule has 1 fully saturated rings. The minimum Gasteiger partial charge on any atom is -0.386 e. The molecule has 1 amide bonds. The maximum Gasteiger partial charge on any atom is 0.274 e. The number of rotatable bonds is 4. The number of carbonyl (C=O) groups excluding carboxylic acids is 1. The van der Waals surface area contributed by atoms with Crippen LogP contribution in [0, 0.1) is 0 Å². The summed E-state index contributed by atoms with van der Waals surface area (Å²) in [4.78, 5) is 20.4. The zero-order chi connectivity index (χ0) is 17.2. The lowest BCUT2D eigenvalue weighted by molar-refractivity contribution is -0.000292. The van der Waals surface area contributed by atoms with Gasteiger partial charge in [0.25, 0.3) is 5.91 Å². The van der Waals surface area contributed by atoms with Crippen LogP contribution in [0.4, 0.5) is 5.82 Å². The van der Waals surface area contributed by atoms with Crippen molar-refractivity contribution in [2.75, 3.05) is 31.6 Å². The number of hydrogen-bond donors (Lipinski definition) is 1. The van der Waals surface area contributed by atoms with Crippen LogP contribution in [0.3, 0.4) is 0 Å². The number of aromatic nitrogens is 3. The van der Waals surface area contributed by atoms with Crippen molar-refractivity contribution in [2.45, 2.75) is 18.4 Å². The van der Waals surface area contributed by atoms with E-state index < -0.39 is 5.60 Å². The Kier molecular flexibility index (Phi) is 4.53. The van der Waals surface area contributed by atoms with E-state index in [0.29, 0.717) is 18.7 Å². The zero-order valence-electron chi connectivity index (χ0n) is 14.1. The van der Waals surface area contributed by atoms with Crippen LogP contribution in [-0.4, -0.2) is 63.0 Å². The van der Waals surface area contributed by atoms with Gasteiger partial charge in [0, 0.05) is 39.6 Å². The summed E-state index contributed by atoms with van der Waals surface area (Å²) in [7, 11) is 3.48. The van der Waals surface area contributed by atoms with E-state index in [1.807, 2.05) is 18.2 Å². The second kappa shape index (κ2) is 6.60. The maximum absolute atomic E-state index is 12.4. The molecule has 2 aromatic heterocycles. The van der Waals surface area contributed by atoms with E-state index in [9.17, 15) is 9.90 Å². The third kappa shape index (κ3) is 3.56. The van der Waals surface area contributed by atoms with Crippen LogP contribution < -0.4 is 4.90 Å². The summed E-state index contributed by atoms with van der Waals surface area (Å²) in [5.74, 6) is 0.674. The fourth-order valence-corrected chi connectivity index (χ4v) is 3.22. The Labute approximate surface area is 141 Å². The Hall–Kier alpha value is -2.41. The maximum atomic E-state index is 12.4. The number of anilines is 1. The van der Waals surface area contributed by atoms with Gasteiger partial charge in [0.15, 0.2) is 0 Å². The number of amides is 1. The molecule has 0 aliphatic carbocycles. The molecule has 0 unspecified atom stereocenters. The molecule has 2 aromatic rings. The highest BCUT2D eigenvalue weighted by Crippen LogP contribution is 2.25. The molecule has 24 heavy (non-hydrogen) atoms. The average molecular weight is 329 g/mol. The van der Waals surface area contributed by atoms with Crippen molar-refractivity contribution >= 4 is 11.7 Å². The fraction of sp³-hybridized carbons (Fsp3) is 0.471. The minimum absolute atomic E-state index is 0.181. The second-order valence-corrected chi connectivity index (χ2v) is 6.47. The highest BCUT2D eigenvalue weighted by atomic mass is 16.3. The van der Waals surface area contributed by atoms with Crippen LogP contribution in [0.1, 0.15) is 23.3 Å². The highest BCUT2D eigenvalue weighted by Gasteiger charge is 2.36. The van der Waals surface area contributed by atoms with Gasteiger partial charge in [-0.05, 0) is 31.0 Å². The van der Waals surface area contributed by atoms with E-state index in [4.69, 9.17) is 0 Å². The third-order valence-electron chi connectivity index (χ3n) is 4.34. The van der Waals surface area contributed by atoms with Gasteiger partial charge >= 0.3 is 0 Å². The number of carbonyl (C=O) groups is 1. The summed E-state index contributed by atoms with van der Waals surface area (Å²) in [5.41, 5.74) is -0.560. The van der Waals surface area contributed by atoms with Crippen LogP contribution in [-0.2, 0) is 7.05 Å². The van der Waals surface area contributed by atoms with Crippen molar-refractivity contribution in [3.63, 3.8) is 0 Å². The Morgan fingerprint density at radius 1 is 1.42 bits per heavy atom. The van der Waals surface area contributed by atoms with Crippen LogP contribution in [0.15, 0.2) is 36.7 Å². The van der Waals surface area contributed by atoms with Crippen molar-refractivity contribution < 1.29 is 9.90 Å². The van der Waals surface area contributed by atoms with Crippen molar-refractivity contribution in [1.82, 2.24) is 19.7 Å². The van der Waals surface area contributed by atoms with Gasteiger partial charge in [-0.15, -0.1) is 0 Å². The highest BCUT2D eigenvalue weighted by molar-refractivity contribution is 5.92. The molecular formula is C17H23N5O2. The lowest BCUT2D eigenvalue weighted by Gasteiger charge is -2.41. The molecule has 7 heteroatoms. The minimum atomic E-state index is -0.949. The molecule has 1 aliphatic heterocycles. The molecule has 0 saturated carbocycles. The number of likely N-dealkylation sites (N-methyl/N-ethyl adjacent to an activating group) is 1. The summed E-state index contributed by atoms with van der Waals surface area (Å²) in [5, 5.41) is 15.1. The van der Waals surface area contributed by atoms with E-state index >= 15 is 0 Å². The molecule has 3 rings (SSSR count). The van der Waals surface area contributed by atoms with Gasteiger partial charge in [0.05, 0.1) is 12.1 Å². The summed E-state index contributed by atoms with van der Waals surface area (Å²) in [6.07, 6.45) is 5.01. The molecular weight excluding hydrogens is 306 g/mol. The normalized spacial score (nSPS) is 20.9. The molecule has 0 radical (unpaired) electrons. The molecule has 0 aromatic carbocycles. The first-order valence-electron chi connectivity index (χ1n) is 8.10. The third-order valence-corrected chi connectivity index (χ3v) is 4.34. The molecule has 7 nitrogen and oxygen atoms in total. The largest absolute Gasteiger partial charge is 0.386 e. The molecule has 1 saturated heterocycles. The van der Waals surface area contributed by atoms with Gasteiger partial charge in [0.2, 0.25) is 0 Å². The summed E-state index contributed by atoms with van der Waals surface area (Å²) in [6, 6.07) is 7.43. The molecule has 128 valence electrons. The monoisotopic (exact) mass is 329 g/mol. The number of hydrogen-bond acceptors (Lipinski definition) is 5. The van der Waals surface area contributed by atoms with Gasteiger partial charge in [0.1, 0.15) is 11.5 Å². The Morgan fingerprint density at radius 3 is 2.92 bits per heavy atom. The van der Waals surface area contributed by atoms with Crippen LogP contribution in [0.5, 0.6) is 0 Å². The number of β-amino-alcohol motifs (C(OH)–C–C–N with tert-alkyl or cyclic N) is 1. The molecule has 3 heterocycles. The number of pyridine rings is 1. The van der Waals surface area contributed by atoms with Crippen molar-refractivity contribution in [3.05, 3.63) is 42.4 Å². The fourth-order valence-electron chi connectivity index (χ4n) is 3.22. The molecule has 0 spiro atoms. The summed E-state index contributed by atoms with van der Waals surface area (Å²) < 4.78 is 1.60. The lowest BCUT2D eigenvalue weighted by atomic mass is 9.92. The van der Waals surface area contributed by atoms with Gasteiger partial charge in [-0.2, -0.15) is 5.10 Å². The van der Waals surface area contributed by atoms with Crippen LogP contribution >= 0.6 is 0 Å². The Morgan fingerprint density at radius 2 is 2.25 bits per heavy atom. The molecule has 0 bridgehead atoms. The first-order chi connectivity index (χ1) is 11.5. The number of aliphatic hydroxyl groups is 1. The summed E-state index contributed by atoms with van der Waals surface area (Å²) >= 11 is 0. The van der Waals surface area contributed by atoms with Crippen molar-refractivity contribution in [1.29, 1.82) is 0 Å². The topological polar surface area (TPSA) is 74.5 Å². The SMILES string of the molecule is CN(C[C@@]1(O)CCCN(c2ccccn2)C1)C(=O)c1ccn(C)n1. The Balaban J connectivity index is 1.67. The Bertz CT molecular complexity index is 702. The van der Waals surface area contributed by atoms with Gasteiger partial charge in [-0.25, -0.2) is 4.98 Å². The van der Waals surface area contributed by atoms with E-state index in [0.717, 1.165) is 18.8 Å². The second-order valence-electron chi connectivity index (χ2n) is 6.47. The first-order valence-corrected chi connectivity index (χ1v) is 8.10. The van der Waals surface area contributed by atoms with E-state index in [1.54, 1.807) is 42.1 Å². The van der Waals surface area contributed by atoms with E-state index in [2.05, 4.69) is 15.0 Å². The lowest BCUT2D eigenvalue weighted by Crippen LogP contribution is -2.54. The van der Waals surface area contributed by atoms with Crippen LogP contribution in [0.25, 0.3) is 0 Å². The predicted molar refractivity (Wildman–Crippen MR) is 90.8 cm³/mol. The summed E-state index contributed by atoms with van der Waals surface area (Å²) in [6.45, 7) is 1.59. The van der Waals surface area contributed by atoms with Crippen molar-refractivity contribution in [3.8, 4) is 0 Å². The van der Waals surface area contributed by atoms with Gasteiger partial charge < -0.3 is 14.9 Å². The van der Waals surface area contributed by atoms with E-state index in [1.165, 1.54) is 0 Å². The number of aryl methyl sites for hydroxylation is 1. The average Bonchev–Trinajstić information content (AvgIpc) is 3.01. The quantitative estimate of drug-likeness (QED) is 0.903. The molecule has 1 atom stereocenters. The molecule has 1 aliphatic rings. The number of nitrogens with zero attached hydrogens (tertiary/aromatic N) is 5. The van der Waals surface area contributed by atoms with Gasteiger partial charge in [-0.1, -0.05) is 6.07 Å². The molecule has 1 N–H and O–H groups in total. The van der Waals surface area contributed by atoms with Crippen molar-refractivity contribution in [2.24, 2.45) is 7.05 Å². The predicted octanol–water partition coefficient (Wildman–Crippen LogP) is 0.919. The van der Waals surface area contributed by atoms with E-state index in [-0.39, 0.29) is 12.5 Å². The smallest absolute Gasteiger partial charge is 0.274 e.